The molecule has 1 heterocycles. The zero-order chi connectivity index (χ0) is 19.6. The Morgan fingerprint density at radius 1 is 1.30 bits per heavy atom. The van der Waals surface area contributed by atoms with Crippen molar-refractivity contribution in [1.82, 2.24) is 4.57 Å². The van der Waals surface area contributed by atoms with Crippen LogP contribution in [0.15, 0.2) is 45.6 Å². The van der Waals surface area contributed by atoms with E-state index in [-0.39, 0.29) is 30.1 Å². The summed E-state index contributed by atoms with van der Waals surface area (Å²) in [6, 6.07) is 8.04. The highest BCUT2D eigenvalue weighted by molar-refractivity contribution is 5.91. The predicted molar refractivity (Wildman–Crippen MR) is 96.1 cm³/mol. The van der Waals surface area contributed by atoms with Crippen LogP contribution in [0.3, 0.4) is 0 Å². The second-order valence-corrected chi connectivity index (χ2v) is 6.04. The van der Waals surface area contributed by atoms with Crippen molar-refractivity contribution < 1.29 is 18.5 Å². The number of rotatable bonds is 6. The number of fused-ring (bicyclic) bond motifs is 1. The van der Waals surface area contributed by atoms with Crippen molar-refractivity contribution in [3.8, 4) is 0 Å². The number of non-ortho nitro benzene ring substituents is 1. The summed E-state index contributed by atoms with van der Waals surface area (Å²) in [7, 11) is 0. The number of aryl methyl sites for hydroxylation is 2. The number of nitro benzene ring substituents is 1. The maximum Gasteiger partial charge on any atom is 0.419 e. The maximum atomic E-state index is 13.3. The minimum absolute atomic E-state index is 0.113. The van der Waals surface area contributed by atoms with Gasteiger partial charge in [0.2, 0.25) is 5.91 Å². The SMILES string of the molecule is Cc1ccc(F)cc1NC(=O)CCCn1c(=O)oc2cc([N+](=O)[O-])ccc21. The molecule has 0 aliphatic carbocycles. The van der Waals surface area contributed by atoms with Crippen LogP contribution in [-0.4, -0.2) is 15.4 Å². The van der Waals surface area contributed by atoms with E-state index in [0.717, 1.165) is 5.56 Å². The Morgan fingerprint density at radius 2 is 2.07 bits per heavy atom. The summed E-state index contributed by atoms with van der Waals surface area (Å²) in [5, 5.41) is 13.4. The molecule has 0 fully saturated rings. The molecule has 0 spiro atoms. The molecule has 0 bridgehead atoms. The highest BCUT2D eigenvalue weighted by Gasteiger charge is 2.14. The lowest BCUT2D eigenvalue weighted by Gasteiger charge is -2.08. The number of hydrogen-bond donors (Lipinski definition) is 1. The van der Waals surface area contributed by atoms with Gasteiger partial charge in [0.05, 0.1) is 16.5 Å². The molecule has 0 aliphatic heterocycles. The van der Waals surface area contributed by atoms with Gasteiger partial charge in [0.25, 0.3) is 5.69 Å². The lowest BCUT2D eigenvalue weighted by atomic mass is 10.2. The van der Waals surface area contributed by atoms with Gasteiger partial charge >= 0.3 is 5.76 Å². The summed E-state index contributed by atoms with van der Waals surface area (Å²) in [5.74, 6) is -1.39. The topological polar surface area (TPSA) is 107 Å². The van der Waals surface area contributed by atoms with Gasteiger partial charge in [0.15, 0.2) is 5.58 Å². The van der Waals surface area contributed by atoms with Crippen LogP contribution in [0.2, 0.25) is 0 Å². The van der Waals surface area contributed by atoms with Gasteiger partial charge < -0.3 is 9.73 Å². The molecular formula is C18H16FN3O5. The molecule has 0 aliphatic rings. The van der Waals surface area contributed by atoms with E-state index in [0.29, 0.717) is 17.6 Å². The molecule has 0 saturated heterocycles. The third kappa shape index (κ3) is 4.02. The summed E-state index contributed by atoms with van der Waals surface area (Å²) in [6.45, 7) is 1.96. The van der Waals surface area contributed by atoms with Crippen LogP contribution in [0.4, 0.5) is 15.8 Å². The van der Waals surface area contributed by atoms with E-state index in [4.69, 9.17) is 4.42 Å². The smallest absolute Gasteiger partial charge is 0.407 e. The number of halogens is 1. The summed E-state index contributed by atoms with van der Waals surface area (Å²) in [4.78, 5) is 34.2. The summed E-state index contributed by atoms with van der Waals surface area (Å²) < 4.78 is 19.6. The third-order valence-electron chi connectivity index (χ3n) is 4.12. The first-order valence-electron chi connectivity index (χ1n) is 8.19. The molecule has 27 heavy (non-hydrogen) atoms. The second kappa shape index (κ2) is 7.40. The third-order valence-corrected chi connectivity index (χ3v) is 4.12. The molecule has 0 saturated carbocycles. The Kier molecular flexibility index (Phi) is 5.02. The second-order valence-electron chi connectivity index (χ2n) is 6.04. The van der Waals surface area contributed by atoms with E-state index in [1.54, 1.807) is 13.0 Å². The van der Waals surface area contributed by atoms with Gasteiger partial charge in [-0.05, 0) is 37.1 Å². The van der Waals surface area contributed by atoms with Crippen molar-refractivity contribution in [3.63, 3.8) is 0 Å². The normalized spacial score (nSPS) is 10.9. The minimum atomic E-state index is -0.646. The number of nitro groups is 1. The fourth-order valence-corrected chi connectivity index (χ4v) is 2.72. The molecule has 9 heteroatoms. The van der Waals surface area contributed by atoms with E-state index < -0.39 is 16.5 Å². The number of aromatic nitrogens is 1. The molecule has 0 radical (unpaired) electrons. The predicted octanol–water partition coefficient (Wildman–Crippen LogP) is 3.37. The van der Waals surface area contributed by atoms with E-state index in [1.165, 1.54) is 34.9 Å². The van der Waals surface area contributed by atoms with Crippen LogP contribution in [0.5, 0.6) is 0 Å². The summed E-state index contributed by atoms with van der Waals surface area (Å²) >= 11 is 0. The first-order chi connectivity index (χ1) is 12.8. The summed E-state index contributed by atoms with van der Waals surface area (Å²) in [5.41, 5.74) is 1.51. The molecule has 2 aromatic carbocycles. The first kappa shape index (κ1) is 18.3. The molecule has 3 rings (SSSR count). The van der Waals surface area contributed by atoms with Crippen LogP contribution in [0.1, 0.15) is 18.4 Å². The van der Waals surface area contributed by atoms with Crippen LogP contribution < -0.4 is 11.1 Å². The van der Waals surface area contributed by atoms with Crippen LogP contribution in [-0.2, 0) is 11.3 Å². The van der Waals surface area contributed by atoms with E-state index in [2.05, 4.69) is 5.32 Å². The van der Waals surface area contributed by atoms with Gasteiger partial charge in [-0.3, -0.25) is 19.5 Å². The van der Waals surface area contributed by atoms with Crippen molar-refractivity contribution in [2.24, 2.45) is 0 Å². The first-order valence-corrected chi connectivity index (χ1v) is 8.19. The molecule has 1 N–H and O–H groups in total. The molecule has 1 amide bonds. The van der Waals surface area contributed by atoms with Gasteiger partial charge in [-0.25, -0.2) is 9.18 Å². The van der Waals surface area contributed by atoms with E-state index >= 15 is 0 Å². The Balaban J connectivity index is 1.66. The number of hydrogen-bond acceptors (Lipinski definition) is 5. The standard InChI is InChI=1S/C18H16FN3O5/c1-11-4-5-12(19)9-14(11)20-17(23)3-2-8-21-15-7-6-13(22(25)26)10-16(15)27-18(21)24/h4-7,9-10H,2-3,8H2,1H3,(H,20,23). The summed E-state index contributed by atoms with van der Waals surface area (Å²) in [6.07, 6.45) is 0.452. The number of benzene rings is 2. The largest absolute Gasteiger partial charge is 0.419 e. The zero-order valence-electron chi connectivity index (χ0n) is 14.4. The Bertz CT molecular complexity index is 1090. The fourth-order valence-electron chi connectivity index (χ4n) is 2.72. The fraction of sp³-hybridized carbons (Fsp3) is 0.222. The number of nitrogens with zero attached hydrogens (tertiary/aromatic N) is 2. The van der Waals surface area contributed by atoms with E-state index in [1.807, 2.05) is 0 Å². The molecule has 3 aromatic rings. The number of oxazole rings is 1. The van der Waals surface area contributed by atoms with Gasteiger partial charge in [-0.15, -0.1) is 0 Å². The number of carbonyl (C=O) groups is 1. The minimum Gasteiger partial charge on any atom is -0.407 e. The average molecular weight is 373 g/mol. The number of nitrogens with one attached hydrogen (secondary N) is 1. The highest BCUT2D eigenvalue weighted by Crippen LogP contribution is 2.20. The van der Waals surface area contributed by atoms with Crippen LogP contribution in [0.25, 0.3) is 11.1 Å². The number of amides is 1. The van der Waals surface area contributed by atoms with Gasteiger partial charge in [0, 0.05) is 24.7 Å². The maximum absolute atomic E-state index is 13.3. The van der Waals surface area contributed by atoms with Crippen molar-refractivity contribution in [2.45, 2.75) is 26.3 Å². The van der Waals surface area contributed by atoms with Crippen LogP contribution in [0, 0.1) is 22.9 Å². The zero-order valence-corrected chi connectivity index (χ0v) is 14.4. The molecular weight excluding hydrogens is 357 g/mol. The van der Waals surface area contributed by atoms with Crippen molar-refractivity contribution >= 4 is 28.4 Å². The average Bonchev–Trinajstić information content (AvgIpc) is 2.93. The molecule has 1 aromatic heterocycles. The number of anilines is 1. The lowest BCUT2D eigenvalue weighted by Crippen LogP contribution is -2.17. The van der Waals surface area contributed by atoms with Gasteiger partial charge in [0.1, 0.15) is 5.82 Å². The molecule has 8 nitrogen and oxygen atoms in total. The van der Waals surface area contributed by atoms with Crippen molar-refractivity contribution in [2.75, 3.05) is 5.32 Å². The van der Waals surface area contributed by atoms with Crippen LogP contribution >= 0.6 is 0 Å². The monoisotopic (exact) mass is 373 g/mol. The van der Waals surface area contributed by atoms with Gasteiger partial charge in [-0.1, -0.05) is 6.07 Å². The van der Waals surface area contributed by atoms with Gasteiger partial charge in [-0.2, -0.15) is 0 Å². The van der Waals surface area contributed by atoms with Crippen molar-refractivity contribution in [3.05, 3.63) is 68.4 Å². The lowest BCUT2D eigenvalue weighted by molar-refractivity contribution is -0.384. The molecule has 0 unspecified atom stereocenters. The van der Waals surface area contributed by atoms with Crippen molar-refractivity contribution in [1.29, 1.82) is 0 Å². The van der Waals surface area contributed by atoms with E-state index in [9.17, 15) is 24.1 Å². The molecule has 140 valence electrons. The Hall–Kier alpha value is -3.49. The highest BCUT2D eigenvalue weighted by atomic mass is 19.1. The number of carbonyl (C=O) groups excluding carboxylic acids is 1. The molecule has 0 atom stereocenters. The Labute approximate surface area is 152 Å². The quantitative estimate of drug-likeness (QED) is 0.526. The Morgan fingerprint density at radius 3 is 2.81 bits per heavy atom.